The van der Waals surface area contributed by atoms with Crippen LogP contribution in [-0.2, 0) is 19.6 Å². The maximum Gasteiger partial charge on any atom is 0.259 e. The van der Waals surface area contributed by atoms with Crippen molar-refractivity contribution < 1.29 is 22.7 Å². The molecule has 0 unspecified atom stereocenters. The van der Waals surface area contributed by atoms with Crippen LogP contribution in [0.15, 0.2) is 42.5 Å². The number of carbonyl (C=O) groups excluding carboxylic acids is 2. The highest BCUT2D eigenvalue weighted by Crippen LogP contribution is 2.22. The van der Waals surface area contributed by atoms with E-state index in [4.69, 9.17) is 16.3 Å². The van der Waals surface area contributed by atoms with Gasteiger partial charge in [0.25, 0.3) is 5.91 Å². The molecule has 0 saturated heterocycles. The zero-order valence-electron chi connectivity index (χ0n) is 17.6. The van der Waals surface area contributed by atoms with E-state index in [1.54, 1.807) is 49.4 Å². The molecule has 8 nitrogen and oxygen atoms in total. The highest BCUT2D eigenvalue weighted by Gasteiger charge is 2.22. The summed E-state index contributed by atoms with van der Waals surface area (Å²) < 4.78 is 30.9. The van der Waals surface area contributed by atoms with Crippen molar-refractivity contribution in [2.45, 2.75) is 26.7 Å². The number of hydrazine groups is 1. The first-order valence-corrected chi connectivity index (χ1v) is 11.8. The lowest BCUT2D eigenvalue weighted by atomic mass is 10.2. The lowest BCUT2D eigenvalue weighted by molar-refractivity contribution is -0.128. The highest BCUT2D eigenvalue weighted by atomic mass is 35.5. The van der Waals surface area contributed by atoms with Gasteiger partial charge in [-0.2, -0.15) is 0 Å². The summed E-state index contributed by atoms with van der Waals surface area (Å²) in [4.78, 5) is 24.1. The van der Waals surface area contributed by atoms with E-state index < -0.39 is 28.4 Å². The summed E-state index contributed by atoms with van der Waals surface area (Å²) in [5.41, 5.74) is 6.55. The minimum atomic E-state index is -3.69. The molecule has 2 amide bonds. The van der Waals surface area contributed by atoms with E-state index >= 15 is 0 Å². The molecular formula is C21H26ClN3O5S. The van der Waals surface area contributed by atoms with Gasteiger partial charge in [0.15, 0.2) is 0 Å². The monoisotopic (exact) mass is 467 g/mol. The minimum absolute atomic E-state index is 0.125. The normalized spacial score (nSPS) is 11.0. The summed E-state index contributed by atoms with van der Waals surface area (Å²) in [6.45, 7) is 3.49. The number of aryl methyl sites for hydroxylation is 2. The van der Waals surface area contributed by atoms with Crippen molar-refractivity contribution in [3.8, 4) is 5.75 Å². The molecule has 0 aromatic heterocycles. The van der Waals surface area contributed by atoms with Crippen LogP contribution in [0.4, 0.5) is 5.69 Å². The molecule has 10 heteroatoms. The van der Waals surface area contributed by atoms with E-state index in [9.17, 15) is 18.0 Å². The van der Waals surface area contributed by atoms with Gasteiger partial charge in [-0.1, -0.05) is 29.8 Å². The second-order valence-electron chi connectivity index (χ2n) is 7.01. The molecule has 0 radical (unpaired) electrons. The molecule has 0 aliphatic heterocycles. The van der Waals surface area contributed by atoms with Crippen LogP contribution in [0.25, 0.3) is 0 Å². The third-order valence-electron chi connectivity index (χ3n) is 4.36. The third-order valence-corrected chi connectivity index (χ3v) is 5.72. The number of nitrogens with zero attached hydrogens (tertiary/aromatic N) is 1. The molecule has 0 aliphatic carbocycles. The van der Waals surface area contributed by atoms with Gasteiger partial charge in [-0.15, -0.1) is 0 Å². The number of halogens is 1. The van der Waals surface area contributed by atoms with Crippen molar-refractivity contribution >= 4 is 39.1 Å². The number of anilines is 1. The molecule has 0 atom stereocenters. The van der Waals surface area contributed by atoms with Gasteiger partial charge >= 0.3 is 0 Å². The van der Waals surface area contributed by atoms with Crippen molar-refractivity contribution in [1.82, 2.24) is 10.9 Å². The molecule has 0 heterocycles. The molecule has 0 fully saturated rings. The quantitative estimate of drug-likeness (QED) is 0.436. The second kappa shape index (κ2) is 11.0. The van der Waals surface area contributed by atoms with Crippen LogP contribution >= 0.6 is 11.6 Å². The average molecular weight is 468 g/mol. The number of ether oxygens (including phenoxy) is 1. The van der Waals surface area contributed by atoms with E-state index in [-0.39, 0.29) is 6.42 Å². The molecular weight excluding hydrogens is 442 g/mol. The van der Waals surface area contributed by atoms with E-state index in [0.717, 1.165) is 16.1 Å². The number of hydrogen-bond donors (Lipinski definition) is 2. The number of nitrogens with one attached hydrogen (secondary N) is 2. The molecule has 0 spiro atoms. The Morgan fingerprint density at radius 1 is 1.03 bits per heavy atom. The van der Waals surface area contributed by atoms with Crippen LogP contribution in [0.1, 0.15) is 24.0 Å². The molecule has 0 bridgehead atoms. The Morgan fingerprint density at radius 3 is 2.35 bits per heavy atom. The standard InChI is InChI=1S/C21H26ClN3O5S/c1-15-7-4-5-8-18(15)25(31(3,28)29)14-21(27)24-23-20(26)9-6-12-30-19-11-10-17(22)13-16(19)2/h4-5,7-8,10-11,13H,6,9,12,14H2,1-3H3,(H,23,26)(H,24,27). The van der Waals surface area contributed by atoms with Gasteiger partial charge in [0.05, 0.1) is 18.6 Å². The van der Waals surface area contributed by atoms with Crippen LogP contribution in [0.2, 0.25) is 5.02 Å². The van der Waals surface area contributed by atoms with Gasteiger partial charge in [0.1, 0.15) is 12.3 Å². The molecule has 2 rings (SSSR count). The third kappa shape index (κ3) is 7.76. The first-order valence-electron chi connectivity index (χ1n) is 9.58. The van der Waals surface area contributed by atoms with Crippen molar-refractivity contribution in [3.63, 3.8) is 0 Å². The molecule has 0 saturated carbocycles. The van der Waals surface area contributed by atoms with Crippen molar-refractivity contribution in [2.75, 3.05) is 23.7 Å². The zero-order valence-corrected chi connectivity index (χ0v) is 19.2. The first kappa shape index (κ1) is 24.5. The van der Waals surface area contributed by atoms with Gasteiger partial charge in [-0.3, -0.25) is 24.7 Å². The fourth-order valence-electron chi connectivity index (χ4n) is 2.79. The van der Waals surface area contributed by atoms with Gasteiger partial charge < -0.3 is 4.74 Å². The topological polar surface area (TPSA) is 105 Å². The van der Waals surface area contributed by atoms with Crippen LogP contribution < -0.4 is 19.9 Å². The summed E-state index contributed by atoms with van der Waals surface area (Å²) >= 11 is 5.90. The van der Waals surface area contributed by atoms with Crippen LogP contribution in [0.3, 0.4) is 0 Å². The summed E-state index contributed by atoms with van der Waals surface area (Å²) in [7, 11) is -3.69. The Labute approximate surface area is 187 Å². The molecule has 2 N–H and O–H groups in total. The van der Waals surface area contributed by atoms with Crippen LogP contribution in [0.5, 0.6) is 5.75 Å². The Kier molecular flexibility index (Phi) is 8.70. The zero-order chi connectivity index (χ0) is 23.0. The highest BCUT2D eigenvalue weighted by molar-refractivity contribution is 7.92. The van der Waals surface area contributed by atoms with E-state index in [2.05, 4.69) is 10.9 Å². The lowest BCUT2D eigenvalue weighted by Crippen LogP contribution is -2.47. The summed E-state index contributed by atoms with van der Waals surface area (Å²) in [5, 5.41) is 0.622. The SMILES string of the molecule is Cc1cc(Cl)ccc1OCCCC(=O)NNC(=O)CN(c1ccccc1C)S(C)(=O)=O. The van der Waals surface area contributed by atoms with Gasteiger partial charge in [-0.05, 0) is 55.7 Å². The predicted octanol–water partition coefficient (Wildman–Crippen LogP) is 2.73. The number of para-hydroxylation sites is 1. The number of hydrogen-bond acceptors (Lipinski definition) is 5. The number of benzene rings is 2. The van der Waals surface area contributed by atoms with Crippen LogP contribution in [0, 0.1) is 13.8 Å². The molecule has 2 aromatic rings. The van der Waals surface area contributed by atoms with Crippen molar-refractivity contribution in [3.05, 3.63) is 58.6 Å². The predicted molar refractivity (Wildman–Crippen MR) is 121 cm³/mol. The summed E-state index contributed by atoms with van der Waals surface area (Å²) in [6, 6.07) is 12.1. The fraction of sp³-hybridized carbons (Fsp3) is 0.333. The number of sulfonamides is 1. The number of rotatable bonds is 9. The fourth-order valence-corrected chi connectivity index (χ4v) is 3.93. The molecule has 168 valence electrons. The largest absolute Gasteiger partial charge is 0.493 e. The molecule has 2 aromatic carbocycles. The molecule has 0 aliphatic rings. The smallest absolute Gasteiger partial charge is 0.259 e. The van der Waals surface area contributed by atoms with E-state index in [0.29, 0.717) is 35.1 Å². The Morgan fingerprint density at radius 2 is 1.71 bits per heavy atom. The van der Waals surface area contributed by atoms with Gasteiger partial charge in [0.2, 0.25) is 15.9 Å². The van der Waals surface area contributed by atoms with Gasteiger partial charge in [0, 0.05) is 11.4 Å². The van der Waals surface area contributed by atoms with Crippen LogP contribution in [-0.4, -0.2) is 39.6 Å². The van der Waals surface area contributed by atoms with Gasteiger partial charge in [-0.25, -0.2) is 8.42 Å². The van der Waals surface area contributed by atoms with E-state index in [1.807, 2.05) is 6.92 Å². The maximum atomic E-state index is 12.2. The number of carbonyl (C=O) groups is 2. The first-order chi connectivity index (χ1) is 14.6. The lowest BCUT2D eigenvalue weighted by Gasteiger charge is -2.23. The van der Waals surface area contributed by atoms with Crippen molar-refractivity contribution in [1.29, 1.82) is 0 Å². The minimum Gasteiger partial charge on any atom is -0.493 e. The summed E-state index contributed by atoms with van der Waals surface area (Å²) in [5.74, 6) is -0.378. The molecule has 31 heavy (non-hydrogen) atoms. The Hall–Kier alpha value is -2.78. The van der Waals surface area contributed by atoms with Crippen molar-refractivity contribution in [2.24, 2.45) is 0 Å². The maximum absolute atomic E-state index is 12.2. The Bertz CT molecular complexity index is 1040. The Balaban J connectivity index is 1.79. The van der Waals surface area contributed by atoms with E-state index in [1.165, 1.54) is 0 Å². The average Bonchev–Trinajstić information content (AvgIpc) is 2.69. The summed E-state index contributed by atoms with van der Waals surface area (Å²) in [6.07, 6.45) is 1.58. The number of amides is 2. The second-order valence-corrected chi connectivity index (χ2v) is 9.36.